The van der Waals surface area contributed by atoms with Gasteiger partial charge in [0.1, 0.15) is 6.07 Å². The number of nitriles is 1. The number of ether oxygens (including phenoxy) is 2. The van der Waals surface area contributed by atoms with Gasteiger partial charge in [0, 0.05) is 12.1 Å². The van der Waals surface area contributed by atoms with E-state index in [0.717, 1.165) is 24.3 Å². The zero-order chi connectivity index (χ0) is 20.6. The smallest absolute Gasteiger partial charge is 0.244 e. The van der Waals surface area contributed by atoms with Gasteiger partial charge < -0.3 is 14.8 Å². The Balaban J connectivity index is 1.88. The van der Waals surface area contributed by atoms with Gasteiger partial charge in [-0.1, -0.05) is 33.3 Å². The molecule has 0 saturated heterocycles. The maximum Gasteiger partial charge on any atom is 0.244 e. The molecule has 1 aromatic rings. The number of rotatable bonds is 8. The third kappa shape index (κ3) is 6.02. The Bertz CT molecular complexity index is 726. The second-order valence-electron chi connectivity index (χ2n) is 8.09. The number of nitrogens with zero attached hydrogens (tertiary/aromatic N) is 1. The van der Waals surface area contributed by atoms with Crippen LogP contribution in [0.4, 0.5) is 0 Å². The van der Waals surface area contributed by atoms with Crippen LogP contribution in [0.2, 0.25) is 0 Å². The van der Waals surface area contributed by atoms with Crippen molar-refractivity contribution >= 4 is 12.0 Å². The Morgan fingerprint density at radius 3 is 2.61 bits per heavy atom. The van der Waals surface area contributed by atoms with Crippen LogP contribution < -0.4 is 14.8 Å². The van der Waals surface area contributed by atoms with Crippen molar-refractivity contribution in [1.82, 2.24) is 5.32 Å². The summed E-state index contributed by atoms with van der Waals surface area (Å²) in [5.41, 5.74) is 1.22. The summed E-state index contributed by atoms with van der Waals surface area (Å²) in [6.07, 6.45) is 8.97. The molecule has 0 spiro atoms. The standard InChI is InChI=1S/C23H32N2O3/c1-5-23(2,3)18-8-10-19(11-9-18)25-22(26)13-7-17-6-12-20(28-15-14-24)21(16-17)27-4/h6-7,12-13,16,18-19H,5,8-11,15H2,1-4H3,(H,25,26)/b13-7+. The van der Waals surface area contributed by atoms with Gasteiger partial charge in [-0.15, -0.1) is 0 Å². The van der Waals surface area contributed by atoms with E-state index in [2.05, 4.69) is 26.1 Å². The monoisotopic (exact) mass is 384 g/mol. The first kappa shape index (κ1) is 21.8. The van der Waals surface area contributed by atoms with Crippen LogP contribution in [-0.4, -0.2) is 25.7 Å². The molecule has 0 aromatic heterocycles. The van der Waals surface area contributed by atoms with Gasteiger partial charge in [-0.2, -0.15) is 5.26 Å². The number of hydrogen-bond acceptors (Lipinski definition) is 4. The molecule has 0 atom stereocenters. The third-order valence-corrected chi connectivity index (χ3v) is 6.00. The minimum atomic E-state index is -0.0676. The lowest BCUT2D eigenvalue weighted by Gasteiger charge is -2.39. The fourth-order valence-electron chi connectivity index (χ4n) is 3.75. The van der Waals surface area contributed by atoms with E-state index < -0.39 is 0 Å². The molecule has 1 aliphatic rings. The van der Waals surface area contributed by atoms with Gasteiger partial charge in [0.05, 0.1) is 7.11 Å². The van der Waals surface area contributed by atoms with Gasteiger partial charge in [0.25, 0.3) is 0 Å². The predicted molar refractivity (Wildman–Crippen MR) is 111 cm³/mol. The van der Waals surface area contributed by atoms with Gasteiger partial charge >= 0.3 is 0 Å². The van der Waals surface area contributed by atoms with Crippen LogP contribution in [0.15, 0.2) is 24.3 Å². The summed E-state index contributed by atoms with van der Waals surface area (Å²) in [4.78, 5) is 12.3. The molecule has 1 aliphatic carbocycles. The number of carbonyl (C=O) groups excluding carboxylic acids is 1. The van der Waals surface area contributed by atoms with E-state index in [1.54, 1.807) is 31.4 Å². The maximum absolute atomic E-state index is 12.3. The fourth-order valence-corrected chi connectivity index (χ4v) is 3.75. The number of nitrogens with one attached hydrogen (secondary N) is 1. The van der Waals surface area contributed by atoms with Crippen molar-refractivity contribution in [3.05, 3.63) is 29.8 Å². The van der Waals surface area contributed by atoms with E-state index in [9.17, 15) is 4.79 Å². The first-order chi connectivity index (χ1) is 13.4. The van der Waals surface area contributed by atoms with Gasteiger partial charge in [0.2, 0.25) is 5.91 Å². The normalized spacial score (nSPS) is 19.8. The molecule has 28 heavy (non-hydrogen) atoms. The highest BCUT2D eigenvalue weighted by Gasteiger charge is 2.31. The molecule has 1 saturated carbocycles. The van der Waals surface area contributed by atoms with E-state index in [0.29, 0.717) is 16.9 Å². The minimum Gasteiger partial charge on any atom is -0.493 e. The lowest BCUT2D eigenvalue weighted by Crippen LogP contribution is -2.39. The summed E-state index contributed by atoms with van der Waals surface area (Å²) in [6, 6.07) is 7.55. The maximum atomic E-state index is 12.3. The lowest BCUT2D eigenvalue weighted by atomic mass is 9.69. The molecule has 0 unspecified atom stereocenters. The second kappa shape index (κ2) is 10.2. The summed E-state index contributed by atoms with van der Waals surface area (Å²) >= 11 is 0. The van der Waals surface area contributed by atoms with Crippen LogP contribution in [0.1, 0.15) is 58.4 Å². The van der Waals surface area contributed by atoms with Crippen LogP contribution in [0, 0.1) is 22.7 Å². The molecule has 5 heteroatoms. The average Bonchev–Trinajstić information content (AvgIpc) is 2.71. The summed E-state index contributed by atoms with van der Waals surface area (Å²) < 4.78 is 10.6. The number of benzene rings is 1. The van der Waals surface area contributed by atoms with Crippen molar-refractivity contribution in [2.45, 2.75) is 58.9 Å². The third-order valence-electron chi connectivity index (χ3n) is 6.00. The van der Waals surface area contributed by atoms with Crippen LogP contribution in [0.5, 0.6) is 11.5 Å². The van der Waals surface area contributed by atoms with Crippen molar-refractivity contribution in [2.75, 3.05) is 13.7 Å². The molecule has 1 N–H and O–H groups in total. The van der Waals surface area contributed by atoms with Gasteiger partial charge in [-0.3, -0.25) is 4.79 Å². The number of methoxy groups -OCH3 is 1. The Kier molecular flexibility index (Phi) is 7.92. The SMILES string of the molecule is CCC(C)(C)C1CCC(NC(=O)/C=C/c2ccc(OCC#N)c(OC)c2)CC1. The van der Waals surface area contributed by atoms with E-state index in [4.69, 9.17) is 14.7 Å². The molecular weight excluding hydrogens is 352 g/mol. The average molecular weight is 385 g/mol. The Morgan fingerprint density at radius 1 is 1.29 bits per heavy atom. The number of hydrogen-bond donors (Lipinski definition) is 1. The van der Waals surface area contributed by atoms with Crippen LogP contribution >= 0.6 is 0 Å². The summed E-state index contributed by atoms with van der Waals surface area (Å²) in [7, 11) is 1.55. The number of carbonyl (C=O) groups is 1. The van der Waals surface area contributed by atoms with Gasteiger partial charge in [-0.05, 0) is 60.8 Å². The first-order valence-corrected chi connectivity index (χ1v) is 10.1. The summed E-state index contributed by atoms with van der Waals surface area (Å²) in [6.45, 7) is 6.93. The van der Waals surface area contributed by atoms with Crippen molar-refractivity contribution in [3.8, 4) is 17.6 Å². The van der Waals surface area contributed by atoms with Gasteiger partial charge in [0.15, 0.2) is 18.1 Å². The van der Waals surface area contributed by atoms with E-state index >= 15 is 0 Å². The molecule has 5 nitrogen and oxygen atoms in total. The largest absolute Gasteiger partial charge is 0.493 e. The Hall–Kier alpha value is -2.48. The van der Waals surface area contributed by atoms with Crippen LogP contribution in [-0.2, 0) is 4.79 Å². The first-order valence-electron chi connectivity index (χ1n) is 10.1. The van der Waals surface area contributed by atoms with Crippen LogP contribution in [0.25, 0.3) is 6.08 Å². The van der Waals surface area contributed by atoms with Crippen LogP contribution in [0.3, 0.4) is 0 Å². The molecule has 0 bridgehead atoms. The molecular formula is C23H32N2O3. The zero-order valence-corrected chi connectivity index (χ0v) is 17.5. The molecule has 0 aliphatic heterocycles. The lowest BCUT2D eigenvalue weighted by molar-refractivity contribution is -0.117. The summed E-state index contributed by atoms with van der Waals surface area (Å²) in [5.74, 6) is 1.73. The second-order valence-corrected chi connectivity index (χ2v) is 8.09. The van der Waals surface area contributed by atoms with Gasteiger partial charge in [-0.25, -0.2) is 0 Å². The molecule has 0 heterocycles. The highest BCUT2D eigenvalue weighted by atomic mass is 16.5. The number of amides is 1. The summed E-state index contributed by atoms with van der Waals surface area (Å²) in [5, 5.41) is 11.8. The molecule has 0 radical (unpaired) electrons. The van der Waals surface area contributed by atoms with Crippen molar-refractivity contribution in [2.24, 2.45) is 11.3 Å². The van der Waals surface area contributed by atoms with Crippen molar-refractivity contribution in [3.63, 3.8) is 0 Å². The molecule has 1 amide bonds. The molecule has 152 valence electrons. The Labute approximate surface area is 168 Å². The minimum absolute atomic E-state index is 0.0361. The highest BCUT2D eigenvalue weighted by Crippen LogP contribution is 2.40. The quantitative estimate of drug-likeness (QED) is 0.658. The van der Waals surface area contributed by atoms with Crippen molar-refractivity contribution in [1.29, 1.82) is 5.26 Å². The molecule has 1 aromatic carbocycles. The van der Waals surface area contributed by atoms with E-state index in [1.807, 2.05) is 12.1 Å². The predicted octanol–water partition coefficient (Wildman–Crippen LogP) is 4.72. The fraction of sp³-hybridized carbons (Fsp3) is 0.565. The van der Waals surface area contributed by atoms with E-state index in [-0.39, 0.29) is 18.6 Å². The van der Waals surface area contributed by atoms with E-state index in [1.165, 1.54) is 19.3 Å². The highest BCUT2D eigenvalue weighted by molar-refractivity contribution is 5.92. The molecule has 2 rings (SSSR count). The topological polar surface area (TPSA) is 71.3 Å². The zero-order valence-electron chi connectivity index (χ0n) is 17.5. The Morgan fingerprint density at radius 2 is 2.00 bits per heavy atom. The van der Waals surface area contributed by atoms with Crippen molar-refractivity contribution < 1.29 is 14.3 Å². The molecule has 1 fully saturated rings.